The van der Waals surface area contributed by atoms with Crippen molar-refractivity contribution >= 4 is 57.9 Å². The van der Waals surface area contributed by atoms with E-state index in [9.17, 15) is 24.3 Å². The number of amides is 2. The lowest BCUT2D eigenvalue weighted by Crippen LogP contribution is -2.71. The number of hydrogen-bond donors (Lipinski definition) is 3. The van der Waals surface area contributed by atoms with E-state index in [2.05, 4.69) is 19.8 Å². The van der Waals surface area contributed by atoms with Crippen molar-refractivity contribution in [1.29, 1.82) is 0 Å². The van der Waals surface area contributed by atoms with Crippen molar-refractivity contribution in [2.45, 2.75) is 24.9 Å². The first-order valence-electron chi connectivity index (χ1n) is 11.1. The Morgan fingerprint density at radius 1 is 1.39 bits per heavy atom. The molecule has 2 atom stereocenters. The van der Waals surface area contributed by atoms with Crippen molar-refractivity contribution in [2.24, 2.45) is 5.16 Å². The summed E-state index contributed by atoms with van der Waals surface area (Å²) >= 11 is 2.14. The number of nitrogen functional groups attached to an aromatic ring is 1. The second kappa shape index (κ2) is 11.4. The summed E-state index contributed by atoms with van der Waals surface area (Å²) in [4.78, 5) is 58.7. The van der Waals surface area contributed by atoms with Crippen molar-refractivity contribution in [3.63, 3.8) is 0 Å². The Labute approximate surface area is 223 Å². The number of pyridine rings is 1. The summed E-state index contributed by atoms with van der Waals surface area (Å²) < 4.78 is 5.66. The lowest BCUT2D eigenvalue weighted by atomic mass is 10.0. The molecule has 0 bridgehead atoms. The topological polar surface area (TPSA) is 204 Å². The van der Waals surface area contributed by atoms with Gasteiger partial charge < -0.3 is 30.9 Å². The van der Waals surface area contributed by atoms with Crippen LogP contribution in [0.1, 0.15) is 23.1 Å². The van der Waals surface area contributed by atoms with E-state index in [1.165, 1.54) is 23.9 Å². The number of thioether (sulfide) groups is 1. The number of carboxylic acid groups (broad SMARTS) is 2. The Kier molecular flexibility index (Phi) is 8.02. The number of anilines is 1. The van der Waals surface area contributed by atoms with Crippen LogP contribution in [-0.4, -0.2) is 72.6 Å². The van der Waals surface area contributed by atoms with Gasteiger partial charge in [-0.1, -0.05) is 11.2 Å². The number of allylic oxidation sites excluding steroid dienone is 2. The zero-order valence-electron chi connectivity index (χ0n) is 19.8. The van der Waals surface area contributed by atoms with E-state index < -0.39 is 35.2 Å². The third-order valence-electron chi connectivity index (χ3n) is 5.40. The first kappa shape index (κ1) is 26.7. The fourth-order valence-electron chi connectivity index (χ4n) is 3.65. The molecule has 4 rings (SSSR count). The Balaban J connectivity index is 1.47. The highest BCUT2D eigenvalue weighted by Gasteiger charge is 2.53. The zero-order chi connectivity index (χ0) is 27.4. The fraction of sp³-hybridized carbons (Fsp3) is 0.273. The molecule has 14 nitrogen and oxygen atoms in total. The molecule has 0 saturated carbocycles. The highest BCUT2D eigenvalue weighted by atomic mass is 32.2. The number of aromatic carboxylic acids is 1. The maximum Gasteiger partial charge on any atom is 0.336 e. The van der Waals surface area contributed by atoms with Gasteiger partial charge in [0, 0.05) is 29.4 Å². The van der Waals surface area contributed by atoms with Crippen LogP contribution >= 0.6 is 23.3 Å². The van der Waals surface area contributed by atoms with Gasteiger partial charge in [-0.05, 0) is 18.6 Å². The predicted molar refractivity (Wildman–Crippen MR) is 132 cm³/mol. The van der Waals surface area contributed by atoms with Gasteiger partial charge in [-0.2, -0.15) is 9.36 Å². The summed E-state index contributed by atoms with van der Waals surface area (Å²) in [7, 11) is 0. The number of nitrogens with two attached hydrogens (primary N) is 1. The summed E-state index contributed by atoms with van der Waals surface area (Å²) in [5.74, 6) is -3.77. The van der Waals surface area contributed by atoms with Crippen LogP contribution in [0.4, 0.5) is 5.13 Å². The molecule has 4 heterocycles. The van der Waals surface area contributed by atoms with Crippen LogP contribution < -0.4 is 20.7 Å². The molecule has 16 heteroatoms. The molecule has 38 heavy (non-hydrogen) atoms. The van der Waals surface area contributed by atoms with Crippen LogP contribution in [0.25, 0.3) is 0 Å². The number of rotatable bonds is 10. The molecule has 1 saturated heterocycles. The molecule has 0 aliphatic carbocycles. The van der Waals surface area contributed by atoms with Gasteiger partial charge in [0.1, 0.15) is 18.0 Å². The number of carbonyl (C=O) groups is 4. The van der Waals surface area contributed by atoms with Crippen molar-refractivity contribution in [3.05, 3.63) is 59.3 Å². The normalized spacial score (nSPS) is 19.2. The number of nitrogens with one attached hydrogen (secondary N) is 1. The average Bonchev–Trinajstić information content (AvgIpc) is 3.32. The summed E-state index contributed by atoms with van der Waals surface area (Å²) in [6.45, 7) is 2.18. The van der Waals surface area contributed by atoms with Gasteiger partial charge >= 0.3 is 5.97 Å². The van der Waals surface area contributed by atoms with Gasteiger partial charge in [0.05, 0.1) is 17.2 Å². The third kappa shape index (κ3) is 5.50. The third-order valence-corrected chi connectivity index (χ3v) is 7.25. The van der Waals surface area contributed by atoms with E-state index in [4.69, 9.17) is 15.7 Å². The summed E-state index contributed by atoms with van der Waals surface area (Å²) in [6.07, 6.45) is 6.43. The lowest BCUT2D eigenvalue weighted by Gasteiger charge is -2.50. The summed E-state index contributed by atoms with van der Waals surface area (Å²) in [6, 6.07) is 1.87. The second-order valence-electron chi connectivity index (χ2n) is 7.83. The summed E-state index contributed by atoms with van der Waals surface area (Å²) in [5, 5.41) is 26.7. The smallest absolute Gasteiger partial charge is 0.336 e. The number of aliphatic carboxylic acids is 1. The largest absolute Gasteiger partial charge is 0.543 e. The van der Waals surface area contributed by atoms with E-state index in [1.54, 1.807) is 36.0 Å². The number of aromatic nitrogens is 3. The van der Waals surface area contributed by atoms with Gasteiger partial charge in [0.2, 0.25) is 11.5 Å². The molecule has 2 aromatic rings. The minimum absolute atomic E-state index is 0.0587. The zero-order valence-corrected chi connectivity index (χ0v) is 21.4. The molecule has 2 amide bonds. The number of oxime groups is 1. The Morgan fingerprint density at radius 2 is 2.13 bits per heavy atom. The first-order chi connectivity index (χ1) is 18.2. The minimum atomic E-state index is -1.52. The van der Waals surface area contributed by atoms with E-state index in [-0.39, 0.29) is 40.3 Å². The molecule has 198 valence electrons. The molecule has 2 aliphatic rings. The number of carbonyl (C=O) groups excluding carboxylic acids is 3. The molecule has 0 aromatic carbocycles. The standard InChI is InChI=1S/C22H21N7O7S2/c1-2-36-26-13(16-25-22(23)38-27-16)17(30)24-14-18(31)29-15(21(34)35)12(10-37-19(14)29)4-3-7-28-8-5-11(6-9-28)20(32)33/h3-6,8-9,14,19H,2,7,10H2,1H3,(H4-,23,24,25,27,30,32,33,34,35)/b4-3?,26-13-/t14?,19-/m0/s1. The Bertz CT molecular complexity index is 1370. The molecule has 2 aromatic heterocycles. The monoisotopic (exact) mass is 559 g/mol. The van der Waals surface area contributed by atoms with Crippen LogP contribution in [0, 0.1) is 0 Å². The Hall–Kier alpha value is -4.31. The van der Waals surface area contributed by atoms with E-state index in [0.717, 1.165) is 16.4 Å². The van der Waals surface area contributed by atoms with Gasteiger partial charge in [-0.15, -0.1) is 11.8 Å². The lowest BCUT2D eigenvalue weighted by molar-refractivity contribution is -0.687. The van der Waals surface area contributed by atoms with Crippen LogP contribution in [0.2, 0.25) is 0 Å². The quantitative estimate of drug-likeness (QED) is 0.132. The first-order valence-corrected chi connectivity index (χ1v) is 12.9. The van der Waals surface area contributed by atoms with Crippen molar-refractivity contribution in [1.82, 2.24) is 19.6 Å². The predicted octanol–water partition coefficient (Wildman–Crippen LogP) is -1.49. The Morgan fingerprint density at radius 3 is 2.74 bits per heavy atom. The van der Waals surface area contributed by atoms with Crippen molar-refractivity contribution in [3.8, 4) is 0 Å². The van der Waals surface area contributed by atoms with Crippen molar-refractivity contribution < 1.29 is 38.8 Å². The maximum atomic E-state index is 12.9. The number of hydrogen-bond acceptors (Lipinski definition) is 12. The van der Waals surface area contributed by atoms with E-state index >= 15 is 0 Å². The maximum absolute atomic E-state index is 12.9. The van der Waals surface area contributed by atoms with Crippen LogP contribution in [0.15, 0.2) is 53.1 Å². The minimum Gasteiger partial charge on any atom is -0.543 e. The summed E-state index contributed by atoms with van der Waals surface area (Å²) in [5.41, 5.74) is 5.56. The number of β-lactam (4-membered cyclic amide) rings is 1. The van der Waals surface area contributed by atoms with Crippen LogP contribution in [0.3, 0.4) is 0 Å². The van der Waals surface area contributed by atoms with Gasteiger partial charge in [0.15, 0.2) is 24.1 Å². The van der Waals surface area contributed by atoms with Crippen LogP contribution in [-0.2, 0) is 25.8 Å². The molecule has 0 radical (unpaired) electrons. The van der Waals surface area contributed by atoms with Gasteiger partial charge in [0.25, 0.3) is 11.8 Å². The van der Waals surface area contributed by atoms with E-state index in [0.29, 0.717) is 12.1 Å². The molecule has 0 spiro atoms. The SMILES string of the molecule is CCO/N=C(\C(=O)NC1C(=O)N2C(C(=O)[O-])=C(C=CC[n+]3ccc(C(=O)O)cc3)CS[C@@H]12)c1nsc(N)n1. The number of fused-ring (bicyclic) bond motifs is 1. The highest BCUT2D eigenvalue weighted by molar-refractivity contribution is 8.00. The van der Waals surface area contributed by atoms with E-state index in [1.807, 2.05) is 0 Å². The molecule has 1 fully saturated rings. The number of carboxylic acids is 2. The van der Waals surface area contributed by atoms with Crippen LogP contribution in [0.5, 0.6) is 0 Å². The van der Waals surface area contributed by atoms with Gasteiger partial charge in [-0.25, -0.2) is 9.36 Å². The molecule has 4 N–H and O–H groups in total. The number of nitrogens with zero attached hydrogens (tertiary/aromatic N) is 5. The molecule has 1 unspecified atom stereocenters. The van der Waals surface area contributed by atoms with Crippen molar-refractivity contribution in [2.75, 3.05) is 18.1 Å². The highest BCUT2D eigenvalue weighted by Crippen LogP contribution is 2.40. The average molecular weight is 560 g/mol. The van der Waals surface area contributed by atoms with Gasteiger partial charge in [-0.3, -0.25) is 14.5 Å². The fourth-order valence-corrected chi connectivity index (χ4v) is 5.41. The molecular formula is C22H21N7O7S2. The molecular weight excluding hydrogens is 538 g/mol. The second-order valence-corrected chi connectivity index (χ2v) is 9.72. The molecule has 2 aliphatic heterocycles.